The van der Waals surface area contributed by atoms with E-state index in [2.05, 4.69) is 20.5 Å². The van der Waals surface area contributed by atoms with Crippen molar-refractivity contribution < 1.29 is 18.8 Å². The molecule has 3 heterocycles. The van der Waals surface area contributed by atoms with Crippen molar-refractivity contribution in [2.24, 2.45) is 0 Å². The van der Waals surface area contributed by atoms with Gasteiger partial charge in [0.1, 0.15) is 6.54 Å². The van der Waals surface area contributed by atoms with Gasteiger partial charge in [0.2, 0.25) is 0 Å². The molecule has 0 amide bonds. The molecule has 0 saturated carbocycles. The first-order valence-corrected chi connectivity index (χ1v) is 5.68. The molecule has 0 bridgehead atoms. The molecule has 1 N–H and O–H groups in total. The Labute approximate surface area is 111 Å². The molecule has 0 unspecified atom stereocenters. The first-order chi connectivity index (χ1) is 9.70. The van der Waals surface area contributed by atoms with Crippen LogP contribution in [0.4, 0.5) is 0 Å². The molecular weight excluding hydrogens is 266 g/mol. The monoisotopic (exact) mass is 275 g/mol. The number of carbonyl (C=O) groups is 1. The van der Waals surface area contributed by atoms with Crippen LogP contribution in [-0.4, -0.2) is 36.2 Å². The maximum Gasteiger partial charge on any atom is 0.309 e. The average Bonchev–Trinajstić information content (AvgIpc) is 3.09. The number of rotatable bonds is 5. The van der Waals surface area contributed by atoms with Crippen molar-refractivity contribution in [3.8, 4) is 11.7 Å². The molecule has 0 saturated heterocycles. The topological polar surface area (TPSA) is 120 Å². The predicted molar refractivity (Wildman–Crippen MR) is 62.5 cm³/mol. The minimum atomic E-state index is -0.961. The van der Waals surface area contributed by atoms with Crippen molar-refractivity contribution in [2.75, 3.05) is 0 Å². The molecule has 0 aliphatic carbocycles. The molecule has 9 nitrogen and oxygen atoms in total. The summed E-state index contributed by atoms with van der Waals surface area (Å²) >= 11 is 0. The number of aromatic nitrogens is 5. The van der Waals surface area contributed by atoms with Crippen LogP contribution in [0.5, 0.6) is 0 Å². The lowest BCUT2D eigenvalue weighted by molar-refractivity contribution is -0.136. The van der Waals surface area contributed by atoms with E-state index < -0.39 is 5.97 Å². The van der Waals surface area contributed by atoms with Gasteiger partial charge in [-0.05, 0) is 12.1 Å². The molecule has 0 aromatic carbocycles. The lowest BCUT2D eigenvalue weighted by Crippen LogP contribution is -2.02. The number of hydrogen-bond donors (Lipinski definition) is 1. The van der Waals surface area contributed by atoms with E-state index in [1.54, 1.807) is 12.1 Å². The van der Waals surface area contributed by atoms with Gasteiger partial charge in [-0.2, -0.15) is 4.98 Å². The fourth-order valence-electron chi connectivity index (χ4n) is 1.62. The summed E-state index contributed by atoms with van der Waals surface area (Å²) in [5, 5.41) is 20.0. The van der Waals surface area contributed by atoms with Crippen LogP contribution in [0.1, 0.15) is 11.5 Å². The summed E-state index contributed by atoms with van der Waals surface area (Å²) in [6.07, 6.45) is 2.86. The zero-order valence-corrected chi connectivity index (χ0v) is 10.1. The van der Waals surface area contributed by atoms with Crippen molar-refractivity contribution in [1.29, 1.82) is 0 Å². The Morgan fingerprint density at radius 3 is 3.10 bits per heavy atom. The van der Waals surface area contributed by atoms with E-state index in [4.69, 9.17) is 14.0 Å². The smallest absolute Gasteiger partial charge is 0.309 e. The van der Waals surface area contributed by atoms with Gasteiger partial charge in [0.25, 0.3) is 5.89 Å². The molecule has 9 heteroatoms. The molecule has 3 aromatic heterocycles. The lowest BCUT2D eigenvalue weighted by atomic mass is 10.3. The highest BCUT2D eigenvalue weighted by Gasteiger charge is 2.12. The molecule has 0 spiro atoms. The number of carboxylic acids is 1. The van der Waals surface area contributed by atoms with Crippen LogP contribution in [0.25, 0.3) is 11.7 Å². The highest BCUT2D eigenvalue weighted by molar-refractivity contribution is 5.69. The second-order valence-electron chi connectivity index (χ2n) is 3.97. The molecule has 102 valence electrons. The fourth-order valence-corrected chi connectivity index (χ4v) is 1.62. The highest BCUT2D eigenvalue weighted by atomic mass is 16.5. The first kappa shape index (κ1) is 12.1. The van der Waals surface area contributed by atoms with E-state index in [9.17, 15) is 4.79 Å². The summed E-state index contributed by atoms with van der Waals surface area (Å²) in [5.74, 6) is 0.185. The summed E-state index contributed by atoms with van der Waals surface area (Å²) in [6.45, 7) is 0.233. The van der Waals surface area contributed by atoms with Gasteiger partial charge in [-0.15, -0.1) is 5.10 Å². The summed E-state index contributed by atoms with van der Waals surface area (Å²) in [7, 11) is 0. The molecule has 3 aromatic rings. The number of aliphatic carboxylic acids is 1. The van der Waals surface area contributed by atoms with Gasteiger partial charge in [-0.1, -0.05) is 10.4 Å². The van der Waals surface area contributed by atoms with Crippen molar-refractivity contribution in [1.82, 2.24) is 25.1 Å². The molecule has 3 rings (SSSR count). The van der Waals surface area contributed by atoms with Gasteiger partial charge < -0.3 is 14.0 Å². The number of carboxylic acid groups (broad SMARTS) is 1. The molecule has 0 atom stereocenters. The van der Waals surface area contributed by atoms with Crippen LogP contribution < -0.4 is 0 Å². The van der Waals surface area contributed by atoms with Gasteiger partial charge in [-0.3, -0.25) is 4.79 Å². The molecular formula is C11H9N5O4. The standard InChI is InChI=1S/C11H9N5O4/c17-10(18)4-7-5-16(15-13-7)6-9-12-11(20-14-9)8-2-1-3-19-8/h1-3,5H,4,6H2,(H,17,18). The average molecular weight is 275 g/mol. The van der Waals surface area contributed by atoms with Crippen LogP contribution in [0.3, 0.4) is 0 Å². The molecule has 0 radical (unpaired) electrons. The van der Waals surface area contributed by atoms with Crippen LogP contribution in [0.15, 0.2) is 33.5 Å². The minimum Gasteiger partial charge on any atom is -0.481 e. The Morgan fingerprint density at radius 2 is 2.35 bits per heavy atom. The highest BCUT2D eigenvalue weighted by Crippen LogP contribution is 2.17. The zero-order chi connectivity index (χ0) is 13.9. The molecule has 20 heavy (non-hydrogen) atoms. The van der Waals surface area contributed by atoms with Crippen LogP contribution in [-0.2, 0) is 17.8 Å². The Kier molecular flexibility index (Phi) is 2.99. The fraction of sp³-hybridized carbons (Fsp3) is 0.182. The maximum absolute atomic E-state index is 10.5. The minimum absolute atomic E-state index is 0.177. The van der Waals surface area contributed by atoms with Gasteiger partial charge in [0, 0.05) is 6.20 Å². The van der Waals surface area contributed by atoms with Gasteiger partial charge in [0.15, 0.2) is 11.6 Å². The first-order valence-electron chi connectivity index (χ1n) is 5.68. The maximum atomic E-state index is 10.5. The number of furan rings is 1. The number of nitrogens with zero attached hydrogens (tertiary/aromatic N) is 5. The SMILES string of the molecule is O=C(O)Cc1cn(Cc2noc(-c3ccco3)n2)nn1. The predicted octanol–water partition coefficient (Wildman–Crippen LogP) is 0.597. The second-order valence-corrected chi connectivity index (χ2v) is 3.97. The third-order valence-electron chi connectivity index (χ3n) is 2.42. The van der Waals surface area contributed by atoms with E-state index in [1.807, 2.05) is 0 Å². The quantitative estimate of drug-likeness (QED) is 0.718. The van der Waals surface area contributed by atoms with Crippen LogP contribution in [0.2, 0.25) is 0 Å². The van der Waals surface area contributed by atoms with Crippen LogP contribution >= 0.6 is 0 Å². The largest absolute Gasteiger partial charge is 0.481 e. The summed E-state index contributed by atoms with van der Waals surface area (Å²) < 4.78 is 11.6. The third-order valence-corrected chi connectivity index (χ3v) is 2.42. The van der Waals surface area contributed by atoms with E-state index in [0.29, 0.717) is 17.3 Å². The van der Waals surface area contributed by atoms with Crippen molar-refractivity contribution in [3.05, 3.63) is 36.1 Å². The van der Waals surface area contributed by atoms with E-state index in [1.165, 1.54) is 17.1 Å². The number of hydrogen-bond acceptors (Lipinski definition) is 7. The van der Waals surface area contributed by atoms with E-state index in [-0.39, 0.29) is 18.9 Å². The lowest BCUT2D eigenvalue weighted by Gasteiger charge is -1.92. The Morgan fingerprint density at radius 1 is 1.45 bits per heavy atom. The third kappa shape index (κ3) is 2.55. The second kappa shape index (κ2) is 4.96. The molecule has 0 fully saturated rings. The summed E-state index contributed by atoms with van der Waals surface area (Å²) in [4.78, 5) is 14.7. The Bertz CT molecular complexity index is 715. The van der Waals surface area contributed by atoms with Crippen LogP contribution in [0, 0.1) is 0 Å². The van der Waals surface area contributed by atoms with E-state index in [0.717, 1.165) is 0 Å². The van der Waals surface area contributed by atoms with E-state index >= 15 is 0 Å². The zero-order valence-electron chi connectivity index (χ0n) is 10.1. The van der Waals surface area contributed by atoms with Gasteiger partial charge in [-0.25, -0.2) is 4.68 Å². The Balaban J connectivity index is 1.72. The Hall–Kier alpha value is -2.97. The van der Waals surface area contributed by atoms with Gasteiger partial charge in [0.05, 0.1) is 18.4 Å². The van der Waals surface area contributed by atoms with Crippen molar-refractivity contribution in [3.63, 3.8) is 0 Å². The van der Waals surface area contributed by atoms with Crippen molar-refractivity contribution >= 4 is 5.97 Å². The van der Waals surface area contributed by atoms with Gasteiger partial charge >= 0.3 is 5.97 Å². The summed E-state index contributed by atoms with van der Waals surface area (Å²) in [5.41, 5.74) is 0.368. The summed E-state index contributed by atoms with van der Waals surface area (Å²) in [6, 6.07) is 3.42. The molecule has 0 aliphatic rings. The van der Waals surface area contributed by atoms with Crippen molar-refractivity contribution in [2.45, 2.75) is 13.0 Å². The molecule has 0 aliphatic heterocycles. The normalized spacial score (nSPS) is 10.8.